The summed E-state index contributed by atoms with van der Waals surface area (Å²) >= 11 is 0. The van der Waals surface area contributed by atoms with Gasteiger partial charge in [0.2, 0.25) is 6.79 Å². The molecule has 72 valence electrons. The molecule has 0 unspecified atom stereocenters. The van der Waals surface area contributed by atoms with E-state index in [1.54, 1.807) is 0 Å². The Morgan fingerprint density at radius 3 is 2.86 bits per heavy atom. The van der Waals surface area contributed by atoms with Crippen LogP contribution in [0.2, 0.25) is 0 Å². The van der Waals surface area contributed by atoms with Gasteiger partial charge in [0.15, 0.2) is 11.5 Å². The van der Waals surface area contributed by atoms with Gasteiger partial charge in [0.25, 0.3) is 0 Å². The normalized spacial score (nSPS) is 22.2. The van der Waals surface area contributed by atoms with E-state index in [0.29, 0.717) is 12.7 Å². The lowest BCUT2D eigenvalue weighted by Gasteiger charge is -2.15. The molecule has 0 amide bonds. The molecule has 1 aromatic carbocycles. The SMILES string of the molecule is C[C@H]1C=Cc2cc3c(cc2C1)OCO3. The molecule has 0 fully saturated rings. The van der Waals surface area contributed by atoms with Crippen molar-refractivity contribution in [2.45, 2.75) is 13.3 Å². The molecular formula is C12H12O2. The fourth-order valence-corrected chi connectivity index (χ4v) is 2.01. The molecule has 2 aliphatic rings. The van der Waals surface area contributed by atoms with Gasteiger partial charge in [-0.1, -0.05) is 19.1 Å². The van der Waals surface area contributed by atoms with Crippen LogP contribution in [0.3, 0.4) is 0 Å². The fraction of sp³-hybridized carbons (Fsp3) is 0.333. The third kappa shape index (κ3) is 1.10. The molecule has 3 rings (SSSR count). The quantitative estimate of drug-likeness (QED) is 0.623. The van der Waals surface area contributed by atoms with Gasteiger partial charge in [0.1, 0.15) is 0 Å². The Morgan fingerprint density at radius 2 is 2.00 bits per heavy atom. The van der Waals surface area contributed by atoms with Crippen LogP contribution >= 0.6 is 0 Å². The summed E-state index contributed by atoms with van der Waals surface area (Å²) in [6.45, 7) is 2.58. The molecule has 0 spiro atoms. The molecule has 2 nitrogen and oxygen atoms in total. The van der Waals surface area contributed by atoms with Crippen LogP contribution in [0.15, 0.2) is 18.2 Å². The van der Waals surface area contributed by atoms with Crippen LogP contribution in [0.25, 0.3) is 6.08 Å². The second-order valence-electron chi connectivity index (χ2n) is 3.94. The van der Waals surface area contributed by atoms with Crippen molar-refractivity contribution in [2.75, 3.05) is 6.79 Å². The molecule has 1 aliphatic heterocycles. The van der Waals surface area contributed by atoms with E-state index >= 15 is 0 Å². The lowest BCUT2D eigenvalue weighted by atomic mass is 9.90. The Hall–Kier alpha value is -1.44. The second-order valence-corrected chi connectivity index (χ2v) is 3.94. The van der Waals surface area contributed by atoms with Crippen LogP contribution in [0.5, 0.6) is 11.5 Å². The highest BCUT2D eigenvalue weighted by molar-refractivity contribution is 5.62. The first-order valence-electron chi connectivity index (χ1n) is 4.93. The molecule has 0 saturated heterocycles. The third-order valence-corrected chi connectivity index (χ3v) is 2.78. The summed E-state index contributed by atoms with van der Waals surface area (Å²) in [7, 11) is 0. The first kappa shape index (κ1) is 7.92. The van der Waals surface area contributed by atoms with Gasteiger partial charge >= 0.3 is 0 Å². The standard InChI is InChI=1S/C12H12O2/c1-8-2-3-9-5-11-12(14-7-13-11)6-10(9)4-8/h2-3,5-6,8H,4,7H2,1H3/t8-/m0/s1. The van der Waals surface area contributed by atoms with Gasteiger partial charge in [-0.2, -0.15) is 0 Å². The van der Waals surface area contributed by atoms with E-state index in [4.69, 9.17) is 9.47 Å². The summed E-state index contributed by atoms with van der Waals surface area (Å²) < 4.78 is 10.7. The van der Waals surface area contributed by atoms with Crippen molar-refractivity contribution in [3.63, 3.8) is 0 Å². The average Bonchev–Trinajstić information content (AvgIpc) is 2.61. The Labute approximate surface area is 83.1 Å². The third-order valence-electron chi connectivity index (χ3n) is 2.78. The summed E-state index contributed by atoms with van der Waals surface area (Å²) in [4.78, 5) is 0. The number of ether oxygens (including phenoxy) is 2. The monoisotopic (exact) mass is 188 g/mol. The van der Waals surface area contributed by atoms with E-state index in [2.05, 4.69) is 31.2 Å². The zero-order valence-electron chi connectivity index (χ0n) is 8.12. The molecule has 14 heavy (non-hydrogen) atoms. The molecule has 1 aromatic rings. The molecular weight excluding hydrogens is 176 g/mol. The molecule has 1 atom stereocenters. The minimum absolute atomic E-state index is 0.359. The van der Waals surface area contributed by atoms with Gasteiger partial charge in [-0.3, -0.25) is 0 Å². The number of hydrogen-bond donors (Lipinski definition) is 0. The highest BCUT2D eigenvalue weighted by Gasteiger charge is 2.18. The predicted octanol–water partition coefficient (Wildman–Crippen LogP) is 2.62. The van der Waals surface area contributed by atoms with Gasteiger partial charge in [0.05, 0.1) is 0 Å². The zero-order valence-corrected chi connectivity index (χ0v) is 8.12. The van der Waals surface area contributed by atoms with Crippen LogP contribution < -0.4 is 9.47 Å². The summed E-state index contributed by atoms with van der Waals surface area (Å²) in [5.41, 5.74) is 2.64. The Kier molecular flexibility index (Phi) is 1.57. The molecule has 0 N–H and O–H groups in total. The van der Waals surface area contributed by atoms with E-state index in [1.165, 1.54) is 11.1 Å². The minimum Gasteiger partial charge on any atom is -0.454 e. The largest absolute Gasteiger partial charge is 0.454 e. The molecule has 1 heterocycles. The highest BCUT2D eigenvalue weighted by Crippen LogP contribution is 2.37. The van der Waals surface area contributed by atoms with Crippen molar-refractivity contribution in [1.29, 1.82) is 0 Å². The summed E-state index contributed by atoms with van der Waals surface area (Å²) in [5.74, 6) is 2.40. The summed E-state index contributed by atoms with van der Waals surface area (Å²) in [6.07, 6.45) is 5.51. The molecule has 0 radical (unpaired) electrons. The minimum atomic E-state index is 0.359. The van der Waals surface area contributed by atoms with Crippen LogP contribution in [-0.2, 0) is 6.42 Å². The van der Waals surface area contributed by atoms with E-state index < -0.39 is 0 Å². The number of allylic oxidation sites excluding steroid dienone is 1. The van der Waals surface area contributed by atoms with Crippen molar-refractivity contribution in [1.82, 2.24) is 0 Å². The molecule has 0 aromatic heterocycles. The van der Waals surface area contributed by atoms with Crippen molar-refractivity contribution < 1.29 is 9.47 Å². The van der Waals surface area contributed by atoms with Crippen LogP contribution in [0.4, 0.5) is 0 Å². The topological polar surface area (TPSA) is 18.5 Å². The highest BCUT2D eigenvalue weighted by atomic mass is 16.7. The van der Waals surface area contributed by atoms with E-state index in [-0.39, 0.29) is 0 Å². The summed E-state index contributed by atoms with van der Waals surface area (Å²) in [6, 6.07) is 4.18. The Balaban J connectivity index is 2.12. The van der Waals surface area contributed by atoms with E-state index in [0.717, 1.165) is 17.9 Å². The van der Waals surface area contributed by atoms with Crippen molar-refractivity contribution in [3.05, 3.63) is 29.3 Å². The maximum absolute atomic E-state index is 5.35. The number of benzene rings is 1. The first-order chi connectivity index (χ1) is 6.83. The predicted molar refractivity (Wildman–Crippen MR) is 54.5 cm³/mol. The molecule has 1 aliphatic carbocycles. The van der Waals surface area contributed by atoms with Gasteiger partial charge < -0.3 is 9.47 Å². The lowest BCUT2D eigenvalue weighted by molar-refractivity contribution is 0.174. The average molecular weight is 188 g/mol. The van der Waals surface area contributed by atoms with Gasteiger partial charge in [-0.15, -0.1) is 0 Å². The fourth-order valence-electron chi connectivity index (χ4n) is 2.01. The zero-order chi connectivity index (χ0) is 9.54. The van der Waals surface area contributed by atoms with E-state index in [1.807, 2.05) is 0 Å². The number of rotatable bonds is 0. The van der Waals surface area contributed by atoms with Crippen LogP contribution in [0.1, 0.15) is 18.1 Å². The van der Waals surface area contributed by atoms with E-state index in [9.17, 15) is 0 Å². The second kappa shape index (κ2) is 2.77. The molecule has 0 bridgehead atoms. The van der Waals surface area contributed by atoms with Crippen molar-refractivity contribution >= 4 is 6.08 Å². The maximum Gasteiger partial charge on any atom is 0.231 e. The van der Waals surface area contributed by atoms with Crippen molar-refractivity contribution in [2.24, 2.45) is 5.92 Å². The van der Waals surface area contributed by atoms with Crippen LogP contribution in [-0.4, -0.2) is 6.79 Å². The Bertz CT molecular complexity index is 407. The number of fused-ring (bicyclic) bond motifs is 2. The van der Waals surface area contributed by atoms with Crippen molar-refractivity contribution in [3.8, 4) is 11.5 Å². The smallest absolute Gasteiger partial charge is 0.231 e. The van der Waals surface area contributed by atoms with Gasteiger partial charge in [-0.25, -0.2) is 0 Å². The lowest BCUT2D eigenvalue weighted by Crippen LogP contribution is -2.02. The maximum atomic E-state index is 5.35. The Morgan fingerprint density at radius 1 is 1.21 bits per heavy atom. The first-order valence-corrected chi connectivity index (χ1v) is 4.93. The van der Waals surface area contributed by atoms with Crippen LogP contribution in [0, 0.1) is 5.92 Å². The van der Waals surface area contributed by atoms with Gasteiger partial charge in [-0.05, 0) is 35.6 Å². The molecule has 0 saturated carbocycles. The number of hydrogen-bond acceptors (Lipinski definition) is 2. The van der Waals surface area contributed by atoms with Gasteiger partial charge in [0, 0.05) is 0 Å². The summed E-state index contributed by atoms with van der Waals surface area (Å²) in [5, 5.41) is 0. The molecule has 2 heteroatoms.